The van der Waals surface area contributed by atoms with Gasteiger partial charge in [-0.25, -0.2) is 0 Å². The highest BCUT2D eigenvalue weighted by atomic mass is 35.5. The van der Waals surface area contributed by atoms with E-state index in [1.165, 1.54) is 0 Å². The van der Waals surface area contributed by atoms with Crippen molar-refractivity contribution in [3.63, 3.8) is 0 Å². The van der Waals surface area contributed by atoms with Crippen LogP contribution in [0.15, 0.2) is 18.2 Å². The molecule has 1 saturated carbocycles. The van der Waals surface area contributed by atoms with Crippen LogP contribution in [-0.4, -0.2) is 29.7 Å². The van der Waals surface area contributed by atoms with Gasteiger partial charge in [-0.1, -0.05) is 36.0 Å². The Kier molecular flexibility index (Phi) is 5.27. The molecule has 0 unspecified atom stereocenters. The number of halogens is 2. The second-order valence-corrected chi connectivity index (χ2v) is 5.99. The molecule has 1 aliphatic rings. The van der Waals surface area contributed by atoms with Gasteiger partial charge in [-0.2, -0.15) is 0 Å². The van der Waals surface area contributed by atoms with Crippen molar-refractivity contribution in [1.82, 2.24) is 5.32 Å². The molecule has 4 nitrogen and oxygen atoms in total. The van der Waals surface area contributed by atoms with E-state index in [0.29, 0.717) is 15.7 Å². The molecule has 1 aromatic rings. The SMILES string of the molecule is O=C(CNC1(CO)CCCC1)Nc1ccc(Cl)c(Cl)c1. The molecule has 6 heteroatoms. The van der Waals surface area contributed by atoms with Crippen LogP contribution in [-0.2, 0) is 4.79 Å². The third-order valence-corrected chi connectivity index (χ3v) is 4.43. The zero-order valence-electron chi connectivity index (χ0n) is 11.1. The summed E-state index contributed by atoms with van der Waals surface area (Å²) in [6.45, 7) is 0.230. The number of hydrogen-bond acceptors (Lipinski definition) is 3. The number of aliphatic hydroxyl groups is 1. The third kappa shape index (κ3) is 3.85. The predicted molar refractivity (Wildman–Crippen MR) is 81.4 cm³/mol. The molecule has 3 N–H and O–H groups in total. The van der Waals surface area contributed by atoms with Crippen LogP contribution in [0.5, 0.6) is 0 Å². The predicted octanol–water partition coefficient (Wildman–Crippen LogP) is 2.83. The molecule has 2 rings (SSSR count). The maximum atomic E-state index is 11.9. The van der Waals surface area contributed by atoms with Crippen LogP contribution in [0.3, 0.4) is 0 Å². The number of rotatable bonds is 5. The van der Waals surface area contributed by atoms with Crippen LogP contribution in [0.25, 0.3) is 0 Å². The van der Waals surface area contributed by atoms with E-state index in [2.05, 4.69) is 10.6 Å². The van der Waals surface area contributed by atoms with Crippen molar-refractivity contribution < 1.29 is 9.90 Å². The van der Waals surface area contributed by atoms with Gasteiger partial charge in [-0.3, -0.25) is 4.79 Å². The molecule has 0 aromatic heterocycles. The normalized spacial score (nSPS) is 17.1. The average Bonchev–Trinajstić information content (AvgIpc) is 2.90. The molecule has 0 atom stereocenters. The Morgan fingerprint density at radius 3 is 2.55 bits per heavy atom. The first-order chi connectivity index (χ1) is 9.54. The second kappa shape index (κ2) is 6.76. The quantitative estimate of drug-likeness (QED) is 0.782. The van der Waals surface area contributed by atoms with E-state index in [9.17, 15) is 9.90 Å². The molecule has 0 aliphatic heterocycles. The van der Waals surface area contributed by atoms with Gasteiger partial charge in [0.05, 0.1) is 23.2 Å². The van der Waals surface area contributed by atoms with E-state index in [1.54, 1.807) is 18.2 Å². The lowest BCUT2D eigenvalue weighted by Gasteiger charge is -2.27. The summed E-state index contributed by atoms with van der Waals surface area (Å²) >= 11 is 11.7. The zero-order valence-corrected chi connectivity index (χ0v) is 12.6. The molecule has 110 valence electrons. The molecule has 0 bridgehead atoms. The van der Waals surface area contributed by atoms with Gasteiger partial charge in [-0.05, 0) is 31.0 Å². The van der Waals surface area contributed by atoms with Crippen LogP contribution < -0.4 is 10.6 Å². The highest BCUT2D eigenvalue weighted by Crippen LogP contribution is 2.29. The minimum Gasteiger partial charge on any atom is -0.394 e. The Hall–Kier alpha value is -0.810. The van der Waals surface area contributed by atoms with Gasteiger partial charge >= 0.3 is 0 Å². The summed E-state index contributed by atoms with van der Waals surface area (Å²) in [5, 5.41) is 16.2. The van der Waals surface area contributed by atoms with E-state index in [-0.39, 0.29) is 24.6 Å². The highest BCUT2D eigenvalue weighted by Gasteiger charge is 2.32. The first-order valence-electron chi connectivity index (χ1n) is 6.65. The Morgan fingerprint density at radius 2 is 1.95 bits per heavy atom. The first-order valence-corrected chi connectivity index (χ1v) is 7.41. The van der Waals surface area contributed by atoms with Crippen molar-refractivity contribution in [2.45, 2.75) is 31.2 Å². The average molecular weight is 317 g/mol. The fourth-order valence-corrected chi connectivity index (χ4v) is 2.79. The molecule has 0 saturated heterocycles. The summed E-state index contributed by atoms with van der Waals surface area (Å²) in [6.07, 6.45) is 3.98. The molecule has 0 heterocycles. The lowest BCUT2D eigenvalue weighted by molar-refractivity contribution is -0.115. The molecule has 1 fully saturated rings. The van der Waals surface area contributed by atoms with Gasteiger partial charge in [0, 0.05) is 11.2 Å². The number of aliphatic hydroxyl groups excluding tert-OH is 1. The topological polar surface area (TPSA) is 61.4 Å². The minimum atomic E-state index is -0.297. The van der Waals surface area contributed by atoms with Crippen molar-refractivity contribution in [1.29, 1.82) is 0 Å². The fraction of sp³-hybridized carbons (Fsp3) is 0.500. The van der Waals surface area contributed by atoms with Gasteiger partial charge in [-0.15, -0.1) is 0 Å². The molecule has 1 aliphatic carbocycles. The molecular weight excluding hydrogens is 299 g/mol. The van der Waals surface area contributed by atoms with Crippen LogP contribution >= 0.6 is 23.2 Å². The van der Waals surface area contributed by atoms with E-state index < -0.39 is 0 Å². The van der Waals surface area contributed by atoms with Crippen LogP contribution in [0.1, 0.15) is 25.7 Å². The lowest BCUT2D eigenvalue weighted by atomic mass is 9.99. The second-order valence-electron chi connectivity index (χ2n) is 5.18. The van der Waals surface area contributed by atoms with Crippen molar-refractivity contribution in [2.75, 3.05) is 18.5 Å². The molecule has 0 radical (unpaired) electrons. The summed E-state index contributed by atoms with van der Waals surface area (Å²) < 4.78 is 0. The monoisotopic (exact) mass is 316 g/mol. The van der Waals surface area contributed by atoms with Crippen molar-refractivity contribution in [2.24, 2.45) is 0 Å². The first kappa shape index (κ1) is 15.6. The van der Waals surface area contributed by atoms with Gasteiger partial charge < -0.3 is 15.7 Å². The smallest absolute Gasteiger partial charge is 0.238 e. The number of carbonyl (C=O) groups excluding carboxylic acids is 1. The Morgan fingerprint density at radius 1 is 1.25 bits per heavy atom. The summed E-state index contributed by atoms with van der Waals surface area (Å²) in [7, 11) is 0. The maximum absolute atomic E-state index is 11.9. The Labute approximate surface area is 128 Å². The summed E-state index contributed by atoms with van der Waals surface area (Å²) in [6, 6.07) is 4.95. The highest BCUT2D eigenvalue weighted by molar-refractivity contribution is 6.42. The number of amides is 1. The van der Waals surface area contributed by atoms with Crippen molar-refractivity contribution in [3.8, 4) is 0 Å². The van der Waals surface area contributed by atoms with E-state index >= 15 is 0 Å². The molecule has 20 heavy (non-hydrogen) atoms. The minimum absolute atomic E-state index is 0.0626. The number of nitrogens with one attached hydrogen (secondary N) is 2. The summed E-state index contributed by atoms with van der Waals surface area (Å²) in [5.41, 5.74) is 0.310. The molecular formula is C14H18Cl2N2O2. The lowest BCUT2D eigenvalue weighted by Crippen LogP contribution is -2.49. The van der Waals surface area contributed by atoms with Gasteiger partial charge in [0.2, 0.25) is 5.91 Å². The van der Waals surface area contributed by atoms with Gasteiger partial charge in [0.25, 0.3) is 0 Å². The standard InChI is InChI=1S/C14H18Cl2N2O2/c15-11-4-3-10(7-12(11)16)18-13(20)8-17-14(9-19)5-1-2-6-14/h3-4,7,17,19H,1-2,5-6,8-9H2,(H,18,20). The largest absolute Gasteiger partial charge is 0.394 e. The zero-order chi connectivity index (χ0) is 14.6. The fourth-order valence-electron chi connectivity index (χ4n) is 2.49. The molecule has 1 amide bonds. The van der Waals surface area contributed by atoms with Crippen LogP contribution in [0, 0.1) is 0 Å². The van der Waals surface area contributed by atoms with Crippen molar-refractivity contribution >= 4 is 34.8 Å². The summed E-state index contributed by atoms with van der Waals surface area (Å²) in [4.78, 5) is 11.9. The van der Waals surface area contributed by atoms with Crippen LogP contribution in [0.4, 0.5) is 5.69 Å². The summed E-state index contributed by atoms with van der Waals surface area (Å²) in [5.74, 6) is -0.164. The van der Waals surface area contributed by atoms with Crippen LogP contribution in [0.2, 0.25) is 10.0 Å². The Bertz CT molecular complexity index is 488. The molecule has 1 aromatic carbocycles. The van der Waals surface area contributed by atoms with E-state index in [4.69, 9.17) is 23.2 Å². The van der Waals surface area contributed by atoms with E-state index in [0.717, 1.165) is 25.7 Å². The maximum Gasteiger partial charge on any atom is 0.238 e. The number of hydrogen-bond donors (Lipinski definition) is 3. The van der Waals surface area contributed by atoms with Gasteiger partial charge in [0.1, 0.15) is 0 Å². The number of benzene rings is 1. The van der Waals surface area contributed by atoms with E-state index in [1.807, 2.05) is 0 Å². The number of anilines is 1. The van der Waals surface area contributed by atoms with Gasteiger partial charge in [0.15, 0.2) is 0 Å². The number of carbonyl (C=O) groups is 1. The third-order valence-electron chi connectivity index (χ3n) is 3.69. The Balaban J connectivity index is 1.87. The van der Waals surface area contributed by atoms with Crippen molar-refractivity contribution in [3.05, 3.63) is 28.2 Å². The molecule has 0 spiro atoms.